The second-order valence-corrected chi connectivity index (χ2v) is 7.28. The zero-order valence-electron chi connectivity index (χ0n) is 17.0. The Labute approximate surface area is 186 Å². The van der Waals surface area contributed by atoms with Crippen LogP contribution < -0.4 is 21.3 Å². The summed E-state index contributed by atoms with van der Waals surface area (Å²) in [6, 6.07) is 13.8. The van der Waals surface area contributed by atoms with Gasteiger partial charge in [0.15, 0.2) is 11.2 Å². The number of aromatic nitrogens is 4. The van der Waals surface area contributed by atoms with Gasteiger partial charge in [0.2, 0.25) is 5.91 Å². The van der Waals surface area contributed by atoms with Crippen LogP contribution in [0, 0.1) is 0 Å². The highest BCUT2D eigenvalue weighted by Gasteiger charge is 2.18. The fraction of sp³-hybridized carbons (Fsp3) is 0.136. The van der Waals surface area contributed by atoms with Crippen molar-refractivity contribution in [3.8, 4) is 5.75 Å². The van der Waals surface area contributed by atoms with Crippen LogP contribution in [0.25, 0.3) is 11.2 Å². The number of halogens is 1. The summed E-state index contributed by atoms with van der Waals surface area (Å²) in [6.45, 7) is -0.398. The van der Waals surface area contributed by atoms with E-state index in [1.54, 1.807) is 48.5 Å². The van der Waals surface area contributed by atoms with Crippen molar-refractivity contribution in [2.75, 3.05) is 12.4 Å². The van der Waals surface area contributed by atoms with E-state index in [2.05, 4.69) is 15.3 Å². The van der Waals surface area contributed by atoms with E-state index < -0.39 is 17.2 Å². The largest absolute Gasteiger partial charge is 0.497 e. The van der Waals surface area contributed by atoms with Gasteiger partial charge in [0.1, 0.15) is 12.3 Å². The zero-order chi connectivity index (χ0) is 22.7. The van der Waals surface area contributed by atoms with Crippen molar-refractivity contribution in [1.29, 1.82) is 0 Å². The molecule has 0 aliphatic carbocycles. The van der Waals surface area contributed by atoms with Gasteiger partial charge in [0.05, 0.1) is 24.4 Å². The Hall–Kier alpha value is -3.98. The Balaban J connectivity index is 1.76. The highest BCUT2D eigenvalue weighted by Crippen LogP contribution is 2.20. The van der Waals surface area contributed by atoms with Crippen LogP contribution in [0.1, 0.15) is 5.56 Å². The summed E-state index contributed by atoms with van der Waals surface area (Å²) < 4.78 is 7.35. The molecule has 0 aliphatic rings. The van der Waals surface area contributed by atoms with E-state index in [-0.39, 0.29) is 24.3 Å². The van der Waals surface area contributed by atoms with Crippen molar-refractivity contribution in [3.05, 3.63) is 92.3 Å². The van der Waals surface area contributed by atoms with E-state index in [1.165, 1.54) is 19.5 Å². The van der Waals surface area contributed by atoms with Gasteiger partial charge in [0.25, 0.3) is 5.56 Å². The zero-order valence-corrected chi connectivity index (χ0v) is 17.7. The molecule has 162 valence electrons. The van der Waals surface area contributed by atoms with Gasteiger partial charge < -0.3 is 10.1 Å². The van der Waals surface area contributed by atoms with Gasteiger partial charge in [-0.15, -0.1) is 0 Å². The van der Waals surface area contributed by atoms with Crippen LogP contribution in [-0.2, 0) is 17.9 Å². The fourth-order valence-electron chi connectivity index (χ4n) is 3.26. The first-order valence-corrected chi connectivity index (χ1v) is 9.97. The minimum absolute atomic E-state index is 0.0134. The standard InChI is InChI=1S/C22H18ClN5O4/c1-32-15-6-4-5-14(11-15)12-28-21(30)19-20(25-10-9-24-19)27(22(28)31)13-18(29)26-17-8-3-2-7-16(17)23/h2-11H,12-13H2,1H3,(H,26,29). The molecular formula is C22H18ClN5O4. The molecule has 2 heterocycles. The Morgan fingerprint density at radius 3 is 2.62 bits per heavy atom. The molecule has 0 spiro atoms. The normalized spacial score (nSPS) is 10.8. The average Bonchev–Trinajstić information content (AvgIpc) is 2.81. The van der Waals surface area contributed by atoms with Crippen LogP contribution in [0.2, 0.25) is 5.02 Å². The minimum atomic E-state index is -0.680. The second-order valence-electron chi connectivity index (χ2n) is 6.87. The Morgan fingerprint density at radius 1 is 1.06 bits per heavy atom. The lowest BCUT2D eigenvalue weighted by atomic mass is 10.2. The molecule has 1 N–H and O–H groups in total. The molecule has 0 bridgehead atoms. The van der Waals surface area contributed by atoms with E-state index in [0.29, 0.717) is 22.0 Å². The Kier molecular flexibility index (Phi) is 6.00. The van der Waals surface area contributed by atoms with Gasteiger partial charge in [-0.05, 0) is 29.8 Å². The fourth-order valence-corrected chi connectivity index (χ4v) is 3.44. The molecule has 0 saturated heterocycles. The molecular weight excluding hydrogens is 434 g/mol. The Morgan fingerprint density at radius 2 is 1.84 bits per heavy atom. The number of hydrogen-bond donors (Lipinski definition) is 1. The van der Waals surface area contributed by atoms with Crippen LogP contribution in [-0.4, -0.2) is 32.1 Å². The quantitative estimate of drug-likeness (QED) is 0.482. The predicted octanol–water partition coefficient (Wildman–Crippen LogP) is 2.30. The molecule has 32 heavy (non-hydrogen) atoms. The van der Waals surface area contributed by atoms with Crippen molar-refractivity contribution < 1.29 is 9.53 Å². The summed E-state index contributed by atoms with van der Waals surface area (Å²) in [5.41, 5.74) is -0.172. The molecule has 0 fully saturated rings. The summed E-state index contributed by atoms with van der Waals surface area (Å²) in [5, 5.41) is 3.03. The van der Waals surface area contributed by atoms with Crippen LogP contribution in [0.5, 0.6) is 5.75 Å². The third kappa shape index (κ3) is 4.23. The number of nitrogens with zero attached hydrogens (tertiary/aromatic N) is 4. The first-order valence-electron chi connectivity index (χ1n) is 9.59. The lowest BCUT2D eigenvalue weighted by Crippen LogP contribution is -2.42. The SMILES string of the molecule is COc1cccc(Cn2c(=O)c3nccnc3n(CC(=O)Nc3ccccc3Cl)c2=O)c1. The molecule has 0 radical (unpaired) electrons. The maximum absolute atomic E-state index is 13.2. The molecule has 4 aromatic rings. The number of amides is 1. The van der Waals surface area contributed by atoms with E-state index in [1.807, 2.05) is 0 Å². The van der Waals surface area contributed by atoms with Gasteiger partial charge in [-0.25, -0.2) is 14.8 Å². The minimum Gasteiger partial charge on any atom is -0.497 e. The number of carbonyl (C=O) groups is 1. The molecule has 0 saturated carbocycles. The molecule has 2 aromatic carbocycles. The van der Waals surface area contributed by atoms with Crippen molar-refractivity contribution in [2.24, 2.45) is 0 Å². The third-order valence-electron chi connectivity index (χ3n) is 4.77. The summed E-state index contributed by atoms with van der Waals surface area (Å²) >= 11 is 6.10. The molecule has 10 heteroatoms. The smallest absolute Gasteiger partial charge is 0.333 e. The van der Waals surface area contributed by atoms with Crippen LogP contribution in [0.4, 0.5) is 5.69 Å². The van der Waals surface area contributed by atoms with E-state index in [4.69, 9.17) is 16.3 Å². The lowest BCUT2D eigenvalue weighted by molar-refractivity contribution is -0.116. The first kappa shape index (κ1) is 21.3. The van der Waals surface area contributed by atoms with Crippen molar-refractivity contribution in [3.63, 3.8) is 0 Å². The van der Waals surface area contributed by atoms with Crippen LogP contribution in [0.15, 0.2) is 70.5 Å². The number of nitrogens with one attached hydrogen (secondary N) is 1. The highest BCUT2D eigenvalue weighted by molar-refractivity contribution is 6.33. The molecule has 4 rings (SSSR count). The molecule has 0 atom stereocenters. The van der Waals surface area contributed by atoms with Crippen molar-refractivity contribution in [1.82, 2.24) is 19.1 Å². The predicted molar refractivity (Wildman–Crippen MR) is 120 cm³/mol. The van der Waals surface area contributed by atoms with E-state index >= 15 is 0 Å². The summed E-state index contributed by atoms with van der Waals surface area (Å²) in [6.07, 6.45) is 2.72. The number of rotatable bonds is 6. The van der Waals surface area contributed by atoms with Gasteiger partial charge in [-0.3, -0.25) is 18.7 Å². The number of para-hydroxylation sites is 1. The van der Waals surface area contributed by atoms with Crippen molar-refractivity contribution in [2.45, 2.75) is 13.1 Å². The maximum Gasteiger partial charge on any atom is 0.333 e. The number of carbonyl (C=O) groups excluding carboxylic acids is 1. The summed E-state index contributed by atoms with van der Waals surface area (Å²) in [4.78, 5) is 47.1. The number of fused-ring (bicyclic) bond motifs is 1. The first-order chi connectivity index (χ1) is 15.5. The monoisotopic (exact) mass is 451 g/mol. The van der Waals surface area contributed by atoms with Crippen LogP contribution in [0.3, 0.4) is 0 Å². The molecule has 2 aromatic heterocycles. The summed E-state index contributed by atoms with van der Waals surface area (Å²) in [7, 11) is 1.53. The Bertz CT molecular complexity index is 1430. The van der Waals surface area contributed by atoms with Crippen molar-refractivity contribution >= 4 is 34.4 Å². The van der Waals surface area contributed by atoms with Gasteiger partial charge >= 0.3 is 5.69 Å². The molecule has 1 amide bonds. The lowest BCUT2D eigenvalue weighted by Gasteiger charge is -2.13. The number of hydrogen-bond acceptors (Lipinski definition) is 6. The highest BCUT2D eigenvalue weighted by atomic mass is 35.5. The third-order valence-corrected chi connectivity index (χ3v) is 5.10. The number of methoxy groups -OCH3 is 1. The van der Waals surface area contributed by atoms with Gasteiger partial charge in [0, 0.05) is 12.4 Å². The maximum atomic E-state index is 13.2. The molecule has 0 aliphatic heterocycles. The molecule has 0 unspecified atom stereocenters. The number of ether oxygens (including phenoxy) is 1. The number of anilines is 1. The average molecular weight is 452 g/mol. The van der Waals surface area contributed by atoms with Gasteiger partial charge in [-0.2, -0.15) is 0 Å². The van der Waals surface area contributed by atoms with Crippen LogP contribution >= 0.6 is 11.6 Å². The van der Waals surface area contributed by atoms with E-state index in [9.17, 15) is 14.4 Å². The van der Waals surface area contributed by atoms with Gasteiger partial charge in [-0.1, -0.05) is 35.9 Å². The molecule has 9 nitrogen and oxygen atoms in total. The summed E-state index contributed by atoms with van der Waals surface area (Å²) in [5.74, 6) is 0.0919. The van der Waals surface area contributed by atoms with E-state index in [0.717, 1.165) is 9.13 Å². The topological polar surface area (TPSA) is 108 Å². The second kappa shape index (κ2) is 9.03. The number of benzene rings is 2.